The van der Waals surface area contributed by atoms with E-state index in [2.05, 4.69) is 11.1 Å². The molecule has 1 heterocycles. The quantitative estimate of drug-likeness (QED) is 0.646. The first-order chi connectivity index (χ1) is 9.68. The number of aryl methyl sites for hydroxylation is 1. The Hall–Kier alpha value is -2.48. The smallest absolute Gasteiger partial charge is 0.211 e. The molecule has 0 aliphatic heterocycles. The number of rotatable bonds is 2. The highest BCUT2D eigenvalue weighted by molar-refractivity contribution is 6.08. The van der Waals surface area contributed by atoms with Gasteiger partial charge >= 0.3 is 0 Å². The molecule has 2 heteroatoms. The van der Waals surface area contributed by atoms with Gasteiger partial charge in [0.2, 0.25) is 5.52 Å². The molecule has 0 atom stereocenters. The normalized spacial score (nSPS) is 10.7. The van der Waals surface area contributed by atoms with E-state index < -0.39 is 0 Å². The van der Waals surface area contributed by atoms with Crippen LogP contribution in [0.25, 0.3) is 22.0 Å². The van der Waals surface area contributed by atoms with Crippen LogP contribution in [0.3, 0.4) is 0 Å². The lowest BCUT2D eigenvalue weighted by atomic mass is 9.92. The van der Waals surface area contributed by atoms with Crippen LogP contribution in [0.1, 0.15) is 23.0 Å². The minimum atomic E-state index is 0.0864. The van der Waals surface area contributed by atoms with Gasteiger partial charge in [-0.1, -0.05) is 42.5 Å². The number of aromatic nitrogens is 1. The molecule has 0 aliphatic carbocycles. The van der Waals surface area contributed by atoms with Crippen molar-refractivity contribution in [1.82, 2.24) is 0 Å². The second-order valence-electron chi connectivity index (χ2n) is 4.97. The lowest BCUT2D eigenvalue weighted by Gasteiger charge is -2.10. The summed E-state index contributed by atoms with van der Waals surface area (Å²) in [6.07, 6.45) is 0. The largest absolute Gasteiger partial charge is 0.294 e. The molecule has 3 rings (SSSR count). The monoisotopic (exact) mass is 262 g/mol. The van der Waals surface area contributed by atoms with Crippen molar-refractivity contribution in [2.75, 3.05) is 0 Å². The van der Waals surface area contributed by atoms with Gasteiger partial charge in [-0.3, -0.25) is 4.79 Å². The number of nitrogens with one attached hydrogen (secondary N) is 1. The minimum Gasteiger partial charge on any atom is -0.294 e. The summed E-state index contributed by atoms with van der Waals surface area (Å²) >= 11 is 0. The average Bonchev–Trinajstić information content (AvgIpc) is 2.46. The van der Waals surface area contributed by atoms with Crippen molar-refractivity contribution in [3.8, 4) is 11.1 Å². The summed E-state index contributed by atoms with van der Waals surface area (Å²) in [7, 11) is 0. The highest BCUT2D eigenvalue weighted by Gasteiger charge is 2.21. The van der Waals surface area contributed by atoms with Crippen LogP contribution in [0.15, 0.2) is 54.6 Å². The van der Waals surface area contributed by atoms with Gasteiger partial charge in [0.05, 0.1) is 10.9 Å². The molecule has 1 aromatic heterocycles. The molecule has 2 aromatic carbocycles. The minimum absolute atomic E-state index is 0.0864. The maximum atomic E-state index is 12.1. The second-order valence-corrected chi connectivity index (χ2v) is 4.97. The van der Waals surface area contributed by atoms with Gasteiger partial charge in [-0.25, -0.2) is 4.98 Å². The van der Waals surface area contributed by atoms with Crippen molar-refractivity contribution in [2.45, 2.75) is 13.8 Å². The molecule has 0 aliphatic rings. The predicted molar refractivity (Wildman–Crippen MR) is 80.7 cm³/mol. The number of fused-ring (bicyclic) bond motifs is 1. The standard InChI is InChI=1S/C18H15NO/c1-12-17(13(2)20)18(14-8-4-3-5-9-14)15-10-6-7-11-16(15)19-12/h3-11H,1-2H3/p+1. The van der Waals surface area contributed by atoms with E-state index in [-0.39, 0.29) is 5.78 Å². The number of carbonyl (C=O) groups excluding carboxylic acids is 1. The maximum absolute atomic E-state index is 12.1. The third kappa shape index (κ3) is 1.99. The SMILES string of the molecule is CC(=O)c1c(C)[nH+]c2ccccc2c1-c1ccccc1. The van der Waals surface area contributed by atoms with Crippen molar-refractivity contribution in [3.05, 3.63) is 65.9 Å². The summed E-state index contributed by atoms with van der Waals surface area (Å²) in [4.78, 5) is 15.4. The van der Waals surface area contributed by atoms with Crippen LogP contribution in [-0.2, 0) is 0 Å². The van der Waals surface area contributed by atoms with Crippen LogP contribution in [0.2, 0.25) is 0 Å². The molecule has 3 aromatic rings. The number of para-hydroxylation sites is 1. The molecule has 0 spiro atoms. The molecule has 20 heavy (non-hydrogen) atoms. The number of carbonyl (C=O) groups is 1. The number of ketones is 1. The van der Waals surface area contributed by atoms with Gasteiger partial charge in [0, 0.05) is 18.6 Å². The zero-order valence-electron chi connectivity index (χ0n) is 11.6. The Morgan fingerprint density at radius 1 is 0.950 bits per heavy atom. The molecule has 0 amide bonds. The molecule has 0 saturated heterocycles. The van der Waals surface area contributed by atoms with Crippen molar-refractivity contribution in [1.29, 1.82) is 0 Å². The van der Waals surface area contributed by atoms with Gasteiger partial charge in [-0.2, -0.15) is 0 Å². The fourth-order valence-corrected chi connectivity index (χ4v) is 2.74. The first kappa shape index (κ1) is 12.5. The molecule has 0 saturated carbocycles. The molecule has 98 valence electrons. The fraction of sp³-hybridized carbons (Fsp3) is 0.111. The lowest BCUT2D eigenvalue weighted by Crippen LogP contribution is -2.16. The summed E-state index contributed by atoms with van der Waals surface area (Å²) in [5, 5.41) is 1.08. The number of hydrogen-bond acceptors (Lipinski definition) is 1. The van der Waals surface area contributed by atoms with E-state index in [1.165, 1.54) is 0 Å². The third-order valence-corrected chi connectivity index (χ3v) is 3.56. The summed E-state index contributed by atoms with van der Waals surface area (Å²) in [6.45, 7) is 3.58. The number of aromatic amines is 1. The molecule has 0 radical (unpaired) electrons. The van der Waals surface area contributed by atoms with Crippen molar-refractivity contribution >= 4 is 16.7 Å². The lowest BCUT2D eigenvalue weighted by molar-refractivity contribution is -0.354. The summed E-state index contributed by atoms with van der Waals surface area (Å²) in [5.41, 5.74) is 4.83. The van der Waals surface area contributed by atoms with Gasteiger partial charge in [0.15, 0.2) is 11.5 Å². The first-order valence-electron chi connectivity index (χ1n) is 6.69. The number of Topliss-reactive ketones (excluding diaryl/α,β-unsaturated/α-hetero) is 1. The topological polar surface area (TPSA) is 31.2 Å². The van der Waals surface area contributed by atoms with E-state index in [4.69, 9.17) is 0 Å². The van der Waals surface area contributed by atoms with Crippen LogP contribution >= 0.6 is 0 Å². The Labute approximate surface area is 118 Å². The Balaban J connectivity index is 2.48. The van der Waals surface area contributed by atoms with Gasteiger partial charge in [-0.05, 0) is 18.6 Å². The van der Waals surface area contributed by atoms with E-state index in [0.29, 0.717) is 0 Å². The highest BCUT2D eigenvalue weighted by Crippen LogP contribution is 2.31. The molecule has 0 unspecified atom stereocenters. The van der Waals surface area contributed by atoms with Crippen molar-refractivity contribution in [3.63, 3.8) is 0 Å². The van der Waals surface area contributed by atoms with Gasteiger partial charge in [-0.15, -0.1) is 0 Å². The molecule has 1 N–H and O–H groups in total. The van der Waals surface area contributed by atoms with Crippen LogP contribution in [-0.4, -0.2) is 5.78 Å². The maximum Gasteiger partial charge on any atom is 0.211 e. The van der Waals surface area contributed by atoms with Gasteiger partial charge in [0.1, 0.15) is 0 Å². The van der Waals surface area contributed by atoms with E-state index in [1.807, 2.05) is 55.5 Å². The Kier molecular flexibility index (Phi) is 3.07. The Morgan fingerprint density at radius 3 is 2.30 bits per heavy atom. The van der Waals surface area contributed by atoms with Crippen LogP contribution in [0, 0.1) is 6.92 Å². The van der Waals surface area contributed by atoms with Crippen molar-refractivity contribution in [2.24, 2.45) is 0 Å². The van der Waals surface area contributed by atoms with E-state index >= 15 is 0 Å². The third-order valence-electron chi connectivity index (χ3n) is 3.56. The average molecular weight is 262 g/mol. The molecular formula is C18H16NO+. The Morgan fingerprint density at radius 2 is 1.60 bits per heavy atom. The second kappa shape index (κ2) is 4.89. The van der Waals surface area contributed by atoms with E-state index in [0.717, 1.165) is 33.3 Å². The predicted octanol–water partition coefficient (Wildman–Crippen LogP) is 3.83. The molecule has 0 bridgehead atoms. The van der Waals surface area contributed by atoms with Crippen molar-refractivity contribution < 1.29 is 9.78 Å². The number of benzene rings is 2. The summed E-state index contributed by atoms with van der Waals surface area (Å²) in [5.74, 6) is 0.0864. The highest BCUT2D eigenvalue weighted by atomic mass is 16.1. The van der Waals surface area contributed by atoms with E-state index in [1.54, 1.807) is 6.92 Å². The van der Waals surface area contributed by atoms with Gasteiger partial charge in [0.25, 0.3) is 0 Å². The van der Waals surface area contributed by atoms with Crippen LogP contribution < -0.4 is 4.98 Å². The van der Waals surface area contributed by atoms with E-state index in [9.17, 15) is 4.79 Å². The number of hydrogen-bond donors (Lipinski definition) is 0. The zero-order valence-corrected chi connectivity index (χ0v) is 11.6. The fourth-order valence-electron chi connectivity index (χ4n) is 2.74. The van der Waals surface area contributed by atoms with Crippen LogP contribution in [0.5, 0.6) is 0 Å². The Bertz CT molecular complexity index is 791. The van der Waals surface area contributed by atoms with Crippen LogP contribution in [0.4, 0.5) is 0 Å². The zero-order chi connectivity index (χ0) is 14.1. The number of pyridine rings is 1. The van der Waals surface area contributed by atoms with Gasteiger partial charge < -0.3 is 0 Å². The molecule has 0 fully saturated rings. The summed E-state index contributed by atoms with van der Waals surface area (Å²) in [6, 6.07) is 18.2. The summed E-state index contributed by atoms with van der Waals surface area (Å²) < 4.78 is 0. The number of H-pyrrole nitrogens is 1. The molecular weight excluding hydrogens is 246 g/mol. The first-order valence-corrected chi connectivity index (χ1v) is 6.69. The molecule has 2 nitrogen and oxygen atoms in total.